The number of rotatable bonds is 5. The molecule has 0 amide bonds. The summed E-state index contributed by atoms with van der Waals surface area (Å²) in [5.41, 5.74) is 0.733. The van der Waals surface area contributed by atoms with Gasteiger partial charge in [0.2, 0.25) is 10.0 Å². The van der Waals surface area contributed by atoms with Crippen LogP contribution < -0.4 is 4.74 Å². The first-order chi connectivity index (χ1) is 13.6. The van der Waals surface area contributed by atoms with Crippen LogP contribution in [-0.4, -0.2) is 62.1 Å². The second-order valence-corrected chi connectivity index (χ2v) is 9.38. The van der Waals surface area contributed by atoms with E-state index in [0.29, 0.717) is 30.6 Å². The maximum atomic E-state index is 13.2. The highest BCUT2D eigenvalue weighted by Gasteiger charge is 2.33. The van der Waals surface area contributed by atoms with Gasteiger partial charge in [0, 0.05) is 30.8 Å². The maximum absolute atomic E-state index is 13.2. The lowest BCUT2D eigenvalue weighted by Crippen LogP contribution is -2.48. The van der Waals surface area contributed by atoms with Crippen molar-refractivity contribution in [3.63, 3.8) is 0 Å². The highest BCUT2D eigenvalue weighted by atomic mass is 32.2. The Morgan fingerprint density at radius 1 is 1.07 bits per heavy atom. The van der Waals surface area contributed by atoms with Gasteiger partial charge in [-0.2, -0.15) is 4.31 Å². The largest absolute Gasteiger partial charge is 0.495 e. The molecule has 2 aliphatic heterocycles. The summed E-state index contributed by atoms with van der Waals surface area (Å²) in [7, 11) is -2.11. The maximum Gasteiger partial charge on any atom is 0.246 e. The van der Waals surface area contributed by atoms with E-state index in [1.165, 1.54) is 26.4 Å². The number of hydrogen-bond acceptors (Lipinski definition) is 6. The molecule has 0 spiro atoms. The van der Waals surface area contributed by atoms with Gasteiger partial charge in [-0.1, -0.05) is 11.6 Å². The van der Waals surface area contributed by atoms with E-state index in [0.717, 1.165) is 31.5 Å². The van der Waals surface area contributed by atoms with E-state index >= 15 is 0 Å². The van der Waals surface area contributed by atoms with Crippen LogP contribution >= 0.6 is 0 Å². The molecule has 4 rings (SSSR count). The van der Waals surface area contributed by atoms with Gasteiger partial charge in [-0.15, -0.1) is 0 Å². The SMILES string of the molecule is COc1cc(-c2ccno2)ccc1S(=O)(=O)N1CCC(N2CCCCC2)CC1. The molecule has 0 N–H and O–H groups in total. The Balaban J connectivity index is 1.50. The molecule has 0 unspecified atom stereocenters. The van der Waals surface area contributed by atoms with Crippen molar-refractivity contribution in [1.29, 1.82) is 0 Å². The second kappa shape index (κ2) is 8.23. The van der Waals surface area contributed by atoms with Crippen molar-refractivity contribution in [1.82, 2.24) is 14.4 Å². The summed E-state index contributed by atoms with van der Waals surface area (Å²) in [5.74, 6) is 0.900. The van der Waals surface area contributed by atoms with Crippen LogP contribution in [0.1, 0.15) is 32.1 Å². The predicted octanol–water partition coefficient (Wildman–Crippen LogP) is 2.99. The van der Waals surface area contributed by atoms with Crippen LogP contribution in [-0.2, 0) is 10.0 Å². The zero-order valence-corrected chi connectivity index (χ0v) is 17.0. The number of ether oxygens (including phenoxy) is 1. The molecule has 2 saturated heterocycles. The van der Waals surface area contributed by atoms with E-state index in [4.69, 9.17) is 9.26 Å². The molecule has 8 heteroatoms. The van der Waals surface area contributed by atoms with E-state index in [1.54, 1.807) is 34.8 Å². The topological polar surface area (TPSA) is 75.9 Å². The fourth-order valence-electron chi connectivity index (χ4n) is 4.27. The highest BCUT2D eigenvalue weighted by molar-refractivity contribution is 7.89. The average Bonchev–Trinajstić information content (AvgIpc) is 3.29. The normalized spacial score (nSPS) is 20.3. The van der Waals surface area contributed by atoms with Crippen LogP contribution in [0.5, 0.6) is 5.75 Å². The molecule has 0 saturated carbocycles. The molecule has 1 aromatic heterocycles. The fourth-order valence-corrected chi connectivity index (χ4v) is 5.88. The lowest BCUT2D eigenvalue weighted by atomic mass is 10.0. The predicted molar refractivity (Wildman–Crippen MR) is 106 cm³/mol. The third-order valence-corrected chi connectivity index (χ3v) is 7.77. The van der Waals surface area contributed by atoms with Gasteiger partial charge in [0.25, 0.3) is 0 Å². The third kappa shape index (κ3) is 3.81. The average molecular weight is 406 g/mol. The van der Waals surface area contributed by atoms with E-state index < -0.39 is 10.0 Å². The molecule has 3 heterocycles. The van der Waals surface area contributed by atoms with Gasteiger partial charge in [0.1, 0.15) is 10.6 Å². The van der Waals surface area contributed by atoms with Crippen molar-refractivity contribution in [3.05, 3.63) is 30.5 Å². The molecular formula is C20H27N3O4S. The van der Waals surface area contributed by atoms with Gasteiger partial charge in [0.05, 0.1) is 13.3 Å². The smallest absolute Gasteiger partial charge is 0.246 e. The number of hydrogen-bond donors (Lipinski definition) is 0. The second-order valence-electron chi connectivity index (χ2n) is 7.47. The summed E-state index contributed by atoms with van der Waals surface area (Å²) in [5, 5.41) is 3.70. The minimum Gasteiger partial charge on any atom is -0.495 e. The van der Waals surface area contributed by atoms with Crippen LogP contribution in [0.2, 0.25) is 0 Å². The highest BCUT2D eigenvalue weighted by Crippen LogP contribution is 2.33. The first kappa shape index (κ1) is 19.4. The first-order valence-electron chi connectivity index (χ1n) is 9.93. The number of aromatic nitrogens is 1. The zero-order valence-electron chi connectivity index (χ0n) is 16.2. The minimum atomic E-state index is -3.60. The molecular weight excluding hydrogens is 378 g/mol. The van der Waals surface area contributed by atoms with Crippen LogP contribution in [0.3, 0.4) is 0 Å². The van der Waals surface area contributed by atoms with Gasteiger partial charge in [0.15, 0.2) is 5.76 Å². The summed E-state index contributed by atoms with van der Waals surface area (Å²) >= 11 is 0. The molecule has 0 radical (unpaired) electrons. The van der Waals surface area contributed by atoms with E-state index in [1.807, 2.05) is 0 Å². The molecule has 2 fully saturated rings. The number of piperidine rings is 2. The van der Waals surface area contributed by atoms with Gasteiger partial charge in [-0.25, -0.2) is 8.42 Å². The van der Waals surface area contributed by atoms with Crippen molar-refractivity contribution in [3.8, 4) is 17.1 Å². The van der Waals surface area contributed by atoms with E-state index in [2.05, 4.69) is 10.1 Å². The van der Waals surface area contributed by atoms with Gasteiger partial charge >= 0.3 is 0 Å². The number of likely N-dealkylation sites (tertiary alicyclic amines) is 1. The standard InChI is InChI=1S/C20H27N3O4S/c1-26-19-15-16(18-7-10-21-27-18)5-6-20(19)28(24,25)23-13-8-17(9-14-23)22-11-3-2-4-12-22/h5-7,10,15,17H,2-4,8-9,11-14H2,1H3. The molecule has 0 bridgehead atoms. The van der Waals surface area contributed by atoms with Crippen molar-refractivity contribution in [2.45, 2.75) is 43.0 Å². The molecule has 1 aromatic carbocycles. The number of methoxy groups -OCH3 is 1. The lowest BCUT2D eigenvalue weighted by Gasteiger charge is -2.39. The van der Waals surface area contributed by atoms with Crippen molar-refractivity contribution in [2.24, 2.45) is 0 Å². The molecule has 0 atom stereocenters. The Bertz CT molecular complexity index is 884. The van der Waals surface area contributed by atoms with Crippen molar-refractivity contribution < 1.29 is 17.7 Å². The van der Waals surface area contributed by atoms with Crippen molar-refractivity contribution in [2.75, 3.05) is 33.3 Å². The van der Waals surface area contributed by atoms with Gasteiger partial charge in [-0.3, -0.25) is 0 Å². The Kier molecular flexibility index (Phi) is 5.70. The monoisotopic (exact) mass is 405 g/mol. The molecule has 28 heavy (non-hydrogen) atoms. The summed E-state index contributed by atoms with van der Waals surface area (Å²) in [6.45, 7) is 3.40. The van der Waals surface area contributed by atoms with E-state index in [9.17, 15) is 8.42 Å². The Hall–Kier alpha value is -1.90. The van der Waals surface area contributed by atoms with Crippen LogP contribution in [0.15, 0.2) is 39.9 Å². The Morgan fingerprint density at radius 3 is 2.46 bits per heavy atom. The summed E-state index contributed by atoms with van der Waals surface area (Å²) in [4.78, 5) is 2.75. The molecule has 7 nitrogen and oxygen atoms in total. The fraction of sp³-hybridized carbons (Fsp3) is 0.550. The quantitative estimate of drug-likeness (QED) is 0.761. The molecule has 2 aromatic rings. The number of sulfonamides is 1. The molecule has 152 valence electrons. The van der Waals surface area contributed by atoms with Crippen LogP contribution in [0.4, 0.5) is 0 Å². The third-order valence-electron chi connectivity index (χ3n) is 5.83. The summed E-state index contributed by atoms with van der Waals surface area (Å²) < 4.78 is 38.6. The summed E-state index contributed by atoms with van der Waals surface area (Å²) in [6.07, 6.45) is 7.16. The number of nitrogens with zero attached hydrogens (tertiary/aromatic N) is 3. The van der Waals surface area contributed by atoms with E-state index in [-0.39, 0.29) is 4.90 Å². The molecule has 0 aliphatic carbocycles. The number of benzene rings is 1. The van der Waals surface area contributed by atoms with Gasteiger partial charge in [-0.05, 0) is 57.0 Å². The zero-order chi connectivity index (χ0) is 19.6. The Morgan fingerprint density at radius 2 is 1.82 bits per heavy atom. The van der Waals surface area contributed by atoms with Crippen LogP contribution in [0.25, 0.3) is 11.3 Å². The summed E-state index contributed by atoms with van der Waals surface area (Å²) in [6, 6.07) is 7.25. The molecule has 2 aliphatic rings. The first-order valence-corrected chi connectivity index (χ1v) is 11.4. The van der Waals surface area contributed by atoms with Crippen molar-refractivity contribution >= 4 is 10.0 Å². The lowest BCUT2D eigenvalue weighted by molar-refractivity contribution is 0.117. The van der Waals surface area contributed by atoms with Crippen LogP contribution in [0, 0.1) is 0 Å². The minimum absolute atomic E-state index is 0.203. The van der Waals surface area contributed by atoms with Gasteiger partial charge < -0.3 is 14.2 Å². The Labute approximate surface area is 166 Å².